The van der Waals surface area contributed by atoms with E-state index in [-0.39, 0.29) is 0 Å². The fourth-order valence-corrected chi connectivity index (χ4v) is 4.13. The third kappa shape index (κ3) is 7.52. The Morgan fingerprint density at radius 3 is 2.00 bits per heavy atom. The number of aliphatic carboxylic acids is 2. The van der Waals surface area contributed by atoms with Gasteiger partial charge in [0.25, 0.3) is 0 Å². The maximum absolute atomic E-state index is 9.10. The lowest BCUT2D eigenvalue weighted by molar-refractivity contribution is -0.159. The number of nitrogens with zero attached hydrogens (tertiary/aromatic N) is 2. The summed E-state index contributed by atoms with van der Waals surface area (Å²) < 4.78 is 0. The van der Waals surface area contributed by atoms with Crippen LogP contribution in [0.5, 0.6) is 0 Å². The van der Waals surface area contributed by atoms with Gasteiger partial charge in [0.05, 0.1) is 0 Å². The molecule has 1 saturated heterocycles. The molecule has 1 aliphatic heterocycles. The normalized spacial score (nSPS) is 19.1. The van der Waals surface area contributed by atoms with E-state index in [1.807, 2.05) is 11.8 Å². The molecule has 0 aromatic heterocycles. The minimum atomic E-state index is -1.82. The second-order valence-electron chi connectivity index (χ2n) is 7.06. The van der Waals surface area contributed by atoms with Crippen molar-refractivity contribution in [3.63, 3.8) is 0 Å². The van der Waals surface area contributed by atoms with Gasteiger partial charge in [0.1, 0.15) is 0 Å². The van der Waals surface area contributed by atoms with Crippen molar-refractivity contribution >= 4 is 23.7 Å². The number of carbonyl (C=O) groups is 2. The van der Waals surface area contributed by atoms with E-state index < -0.39 is 11.9 Å². The summed E-state index contributed by atoms with van der Waals surface area (Å²) in [6.07, 6.45) is 9.38. The second-order valence-corrected chi connectivity index (χ2v) is 7.94. The van der Waals surface area contributed by atoms with E-state index in [4.69, 9.17) is 19.8 Å². The molecule has 0 spiro atoms. The average molecular weight is 395 g/mol. The molecule has 1 aromatic rings. The minimum absolute atomic E-state index is 0.891. The number of hydrogen-bond acceptors (Lipinski definition) is 5. The molecule has 6 nitrogen and oxygen atoms in total. The molecule has 0 amide bonds. The van der Waals surface area contributed by atoms with Crippen LogP contribution in [0.1, 0.15) is 37.7 Å². The highest BCUT2D eigenvalue weighted by Crippen LogP contribution is 2.24. The van der Waals surface area contributed by atoms with Gasteiger partial charge in [-0.05, 0) is 36.8 Å². The van der Waals surface area contributed by atoms with Crippen LogP contribution in [0.15, 0.2) is 29.2 Å². The topological polar surface area (TPSA) is 81.1 Å². The first-order valence-corrected chi connectivity index (χ1v) is 10.8. The Morgan fingerprint density at radius 2 is 1.52 bits per heavy atom. The third-order valence-corrected chi connectivity index (χ3v) is 5.99. The number of thioether (sulfide) groups is 1. The summed E-state index contributed by atoms with van der Waals surface area (Å²) in [4.78, 5) is 24.9. The molecule has 1 aromatic carbocycles. The number of carboxylic acid groups (broad SMARTS) is 2. The van der Waals surface area contributed by atoms with Crippen molar-refractivity contribution in [1.29, 1.82) is 0 Å². The molecule has 0 unspecified atom stereocenters. The molecule has 150 valence electrons. The van der Waals surface area contributed by atoms with E-state index in [0.29, 0.717) is 0 Å². The maximum atomic E-state index is 9.10. The van der Waals surface area contributed by atoms with Crippen molar-refractivity contribution in [2.75, 3.05) is 32.4 Å². The first-order chi connectivity index (χ1) is 13.0. The van der Waals surface area contributed by atoms with Gasteiger partial charge in [-0.2, -0.15) is 0 Å². The highest BCUT2D eigenvalue weighted by molar-refractivity contribution is 7.98. The Bertz CT molecular complexity index is 583. The molecule has 7 heteroatoms. The van der Waals surface area contributed by atoms with Gasteiger partial charge in [-0.15, -0.1) is 11.8 Å². The summed E-state index contributed by atoms with van der Waals surface area (Å²) in [7, 11) is 0. The van der Waals surface area contributed by atoms with Gasteiger partial charge in [-0.3, -0.25) is 9.80 Å². The average Bonchev–Trinajstić information content (AvgIpc) is 2.70. The van der Waals surface area contributed by atoms with Crippen LogP contribution >= 0.6 is 11.8 Å². The molecule has 2 N–H and O–H groups in total. The first kappa shape index (κ1) is 21.7. The summed E-state index contributed by atoms with van der Waals surface area (Å²) in [6.45, 7) is 6.13. The zero-order valence-electron chi connectivity index (χ0n) is 16.0. The van der Waals surface area contributed by atoms with Crippen LogP contribution in [0.25, 0.3) is 0 Å². The Balaban J connectivity index is 0.000000380. The fourth-order valence-electron chi connectivity index (χ4n) is 3.72. The van der Waals surface area contributed by atoms with Crippen molar-refractivity contribution in [3.8, 4) is 0 Å². The van der Waals surface area contributed by atoms with Crippen molar-refractivity contribution in [3.05, 3.63) is 29.8 Å². The number of rotatable bonds is 4. The van der Waals surface area contributed by atoms with E-state index in [1.165, 1.54) is 68.7 Å². The SMILES string of the molecule is CSc1ccc(CN2CCN(C3CCCCC3)CC2)cc1.O=C(O)C(=O)O. The lowest BCUT2D eigenvalue weighted by Gasteiger charge is -2.40. The summed E-state index contributed by atoms with van der Waals surface area (Å²) in [5.41, 5.74) is 1.46. The smallest absolute Gasteiger partial charge is 0.414 e. The van der Waals surface area contributed by atoms with E-state index in [9.17, 15) is 0 Å². The molecule has 2 aliphatic rings. The summed E-state index contributed by atoms with van der Waals surface area (Å²) in [5, 5.41) is 14.8. The number of piperazine rings is 1. The predicted molar refractivity (Wildman–Crippen MR) is 107 cm³/mol. The van der Waals surface area contributed by atoms with Gasteiger partial charge in [0.15, 0.2) is 0 Å². The van der Waals surface area contributed by atoms with Crippen LogP contribution in [-0.4, -0.2) is 70.4 Å². The lowest BCUT2D eigenvalue weighted by Crippen LogP contribution is -2.50. The van der Waals surface area contributed by atoms with Gasteiger partial charge >= 0.3 is 11.9 Å². The molecule has 0 radical (unpaired) electrons. The molecular weight excluding hydrogens is 364 g/mol. The lowest BCUT2D eigenvalue weighted by atomic mass is 9.94. The van der Waals surface area contributed by atoms with Crippen LogP contribution in [0.4, 0.5) is 0 Å². The highest BCUT2D eigenvalue weighted by atomic mass is 32.2. The van der Waals surface area contributed by atoms with Gasteiger partial charge in [-0.25, -0.2) is 9.59 Å². The van der Waals surface area contributed by atoms with E-state index in [2.05, 4.69) is 40.3 Å². The van der Waals surface area contributed by atoms with Crippen LogP contribution in [-0.2, 0) is 16.1 Å². The van der Waals surface area contributed by atoms with Crippen molar-refractivity contribution in [2.45, 2.75) is 49.6 Å². The largest absolute Gasteiger partial charge is 0.473 e. The maximum Gasteiger partial charge on any atom is 0.414 e. The first-order valence-electron chi connectivity index (χ1n) is 9.55. The van der Waals surface area contributed by atoms with E-state index in [1.54, 1.807) is 0 Å². The second kappa shape index (κ2) is 11.3. The van der Waals surface area contributed by atoms with E-state index >= 15 is 0 Å². The van der Waals surface area contributed by atoms with Crippen LogP contribution < -0.4 is 0 Å². The summed E-state index contributed by atoms with van der Waals surface area (Å²) >= 11 is 1.82. The molecular formula is C20H30N2O4S. The summed E-state index contributed by atoms with van der Waals surface area (Å²) in [6, 6.07) is 9.97. The highest BCUT2D eigenvalue weighted by Gasteiger charge is 2.24. The molecule has 1 heterocycles. The molecule has 0 atom stereocenters. The monoisotopic (exact) mass is 394 g/mol. The number of benzene rings is 1. The van der Waals surface area contributed by atoms with Crippen molar-refractivity contribution < 1.29 is 19.8 Å². The standard InChI is InChI=1S/C18H28N2S.C2H2O4/c1-21-18-9-7-16(8-10-18)15-19-11-13-20(14-12-19)17-5-3-2-4-6-17;3-1(4)2(5)6/h7-10,17H,2-6,11-15H2,1H3;(H,3,4)(H,5,6). The van der Waals surface area contributed by atoms with Gasteiger partial charge < -0.3 is 10.2 Å². The van der Waals surface area contributed by atoms with Crippen LogP contribution in [0.3, 0.4) is 0 Å². The van der Waals surface area contributed by atoms with Gasteiger partial charge in [0.2, 0.25) is 0 Å². The van der Waals surface area contributed by atoms with Crippen molar-refractivity contribution in [2.24, 2.45) is 0 Å². The minimum Gasteiger partial charge on any atom is -0.473 e. The molecule has 0 bridgehead atoms. The predicted octanol–water partition coefficient (Wildman–Crippen LogP) is 3.01. The quantitative estimate of drug-likeness (QED) is 0.600. The van der Waals surface area contributed by atoms with Gasteiger partial charge in [0, 0.05) is 43.7 Å². The fraction of sp³-hybridized carbons (Fsp3) is 0.600. The summed E-state index contributed by atoms with van der Waals surface area (Å²) in [5.74, 6) is -3.65. The Labute approximate surface area is 165 Å². The number of carboxylic acids is 2. The molecule has 27 heavy (non-hydrogen) atoms. The van der Waals surface area contributed by atoms with E-state index in [0.717, 1.165) is 12.6 Å². The third-order valence-electron chi connectivity index (χ3n) is 5.25. The Morgan fingerprint density at radius 1 is 0.963 bits per heavy atom. The molecule has 1 saturated carbocycles. The molecule has 3 rings (SSSR count). The van der Waals surface area contributed by atoms with Gasteiger partial charge in [-0.1, -0.05) is 31.4 Å². The number of hydrogen-bond donors (Lipinski definition) is 2. The van der Waals surface area contributed by atoms with Crippen LogP contribution in [0, 0.1) is 0 Å². The molecule has 2 fully saturated rings. The zero-order valence-corrected chi connectivity index (χ0v) is 16.8. The van der Waals surface area contributed by atoms with Crippen molar-refractivity contribution in [1.82, 2.24) is 9.80 Å². The molecule has 1 aliphatic carbocycles. The van der Waals surface area contributed by atoms with Crippen LogP contribution in [0.2, 0.25) is 0 Å². The Kier molecular flexibility index (Phi) is 9.10. The zero-order chi connectivity index (χ0) is 19.6. The Hall–Kier alpha value is -1.57.